The summed E-state index contributed by atoms with van der Waals surface area (Å²) < 4.78 is 0. The maximum Gasteiger partial charge on any atom is 0.337 e. The van der Waals surface area contributed by atoms with E-state index >= 15 is 0 Å². The van der Waals surface area contributed by atoms with Crippen molar-refractivity contribution in [1.82, 2.24) is 5.01 Å². The fourth-order valence-corrected chi connectivity index (χ4v) is 4.09. The summed E-state index contributed by atoms with van der Waals surface area (Å²) in [7, 11) is 1.61. The van der Waals surface area contributed by atoms with Crippen molar-refractivity contribution < 1.29 is 9.90 Å². The van der Waals surface area contributed by atoms with Crippen LogP contribution in [0.2, 0.25) is 5.02 Å². The van der Waals surface area contributed by atoms with Crippen LogP contribution in [0.4, 0.5) is 11.4 Å². The molecule has 0 saturated carbocycles. The molecule has 1 N–H and O–H groups in total. The quantitative estimate of drug-likeness (QED) is 0.583. The zero-order chi connectivity index (χ0) is 18.0. The van der Waals surface area contributed by atoms with E-state index in [9.17, 15) is 14.8 Å². The molecule has 0 atom stereocenters. The van der Waals surface area contributed by atoms with Crippen molar-refractivity contribution in [3.05, 3.63) is 51.9 Å². The number of halogens is 1. The SMILES string of the molecule is CN(CCCN1c2cc(Cl)ccc2Sc2cccc(C(=O)O)c21)N=O. The fraction of sp³-hybridized carbons (Fsp3) is 0.235. The molecule has 0 fully saturated rings. The fourth-order valence-electron chi connectivity index (χ4n) is 2.81. The van der Waals surface area contributed by atoms with Crippen molar-refractivity contribution >= 4 is 40.7 Å². The minimum atomic E-state index is -0.973. The monoisotopic (exact) mass is 377 g/mol. The van der Waals surface area contributed by atoms with Crippen LogP contribution in [0, 0.1) is 4.91 Å². The number of nitrogens with zero attached hydrogens (tertiary/aromatic N) is 3. The molecule has 0 unspecified atom stereocenters. The predicted octanol–water partition coefficient (Wildman–Crippen LogP) is 4.64. The second-order valence-corrected chi connectivity index (χ2v) is 7.16. The minimum Gasteiger partial charge on any atom is -0.478 e. The summed E-state index contributed by atoms with van der Waals surface area (Å²) >= 11 is 7.69. The average molecular weight is 378 g/mol. The number of fused-ring (bicyclic) bond motifs is 2. The van der Waals surface area contributed by atoms with Crippen LogP contribution < -0.4 is 4.90 Å². The number of aromatic carboxylic acids is 1. The van der Waals surface area contributed by atoms with Gasteiger partial charge in [-0.15, -0.1) is 4.91 Å². The summed E-state index contributed by atoms with van der Waals surface area (Å²) in [5.74, 6) is -0.973. The molecule has 0 spiro atoms. The van der Waals surface area contributed by atoms with Crippen LogP contribution in [-0.2, 0) is 0 Å². The Morgan fingerprint density at radius 3 is 2.84 bits per heavy atom. The molecule has 0 saturated heterocycles. The number of para-hydroxylation sites is 1. The molecule has 0 radical (unpaired) electrons. The van der Waals surface area contributed by atoms with Crippen molar-refractivity contribution in [2.75, 3.05) is 25.0 Å². The van der Waals surface area contributed by atoms with Gasteiger partial charge in [-0.2, -0.15) is 0 Å². The highest BCUT2D eigenvalue weighted by molar-refractivity contribution is 7.99. The number of anilines is 2. The number of carboxylic acids is 1. The third-order valence-corrected chi connectivity index (χ3v) is 5.28. The molecule has 6 nitrogen and oxygen atoms in total. The molecule has 1 aliphatic heterocycles. The predicted molar refractivity (Wildman–Crippen MR) is 99.0 cm³/mol. The molecule has 1 heterocycles. The molecule has 0 aromatic heterocycles. The van der Waals surface area contributed by atoms with E-state index in [4.69, 9.17) is 11.6 Å². The molecule has 0 bridgehead atoms. The second-order valence-electron chi connectivity index (χ2n) is 5.64. The first-order chi connectivity index (χ1) is 12.0. The lowest BCUT2D eigenvalue weighted by Gasteiger charge is -2.34. The summed E-state index contributed by atoms with van der Waals surface area (Å²) in [5, 5.41) is 14.4. The van der Waals surface area contributed by atoms with Crippen molar-refractivity contribution in [1.29, 1.82) is 0 Å². The van der Waals surface area contributed by atoms with Crippen LogP contribution in [-0.4, -0.2) is 36.2 Å². The molecule has 1 aliphatic rings. The Morgan fingerprint density at radius 1 is 1.32 bits per heavy atom. The Kier molecular flexibility index (Phi) is 5.15. The van der Waals surface area contributed by atoms with Crippen LogP contribution in [0.1, 0.15) is 16.8 Å². The van der Waals surface area contributed by atoms with Gasteiger partial charge in [-0.3, -0.25) is 5.01 Å². The van der Waals surface area contributed by atoms with Gasteiger partial charge in [0.25, 0.3) is 0 Å². The van der Waals surface area contributed by atoms with E-state index in [0.717, 1.165) is 15.5 Å². The molecule has 25 heavy (non-hydrogen) atoms. The highest BCUT2D eigenvalue weighted by Crippen LogP contribution is 2.50. The molecule has 3 rings (SSSR count). The van der Waals surface area contributed by atoms with E-state index in [1.165, 1.54) is 16.8 Å². The zero-order valence-corrected chi connectivity index (χ0v) is 15.0. The standard InChI is InChI=1S/C17H16ClN3O3S/c1-20(19-24)8-3-9-21-13-10-11(18)6-7-14(13)25-15-5-2-4-12(16(15)21)17(22)23/h2,4-7,10H,3,8-9H2,1H3,(H,22,23). The van der Waals surface area contributed by atoms with E-state index in [1.54, 1.807) is 19.2 Å². The number of nitroso groups, excluding NO2 is 1. The van der Waals surface area contributed by atoms with Crippen LogP contribution in [0.15, 0.2) is 51.5 Å². The van der Waals surface area contributed by atoms with Gasteiger partial charge in [0.1, 0.15) is 0 Å². The Hall–Kier alpha value is -2.25. The first kappa shape index (κ1) is 17.6. The Morgan fingerprint density at radius 2 is 2.12 bits per heavy atom. The summed E-state index contributed by atoms with van der Waals surface area (Å²) in [6.45, 7) is 1.03. The number of carbonyl (C=O) groups is 1. The van der Waals surface area contributed by atoms with Crippen LogP contribution in [0.5, 0.6) is 0 Å². The normalized spacial score (nSPS) is 12.3. The Bertz CT molecular complexity index is 831. The molecule has 0 amide bonds. The lowest BCUT2D eigenvalue weighted by atomic mass is 10.1. The van der Waals surface area contributed by atoms with Gasteiger partial charge in [-0.25, -0.2) is 4.79 Å². The van der Waals surface area contributed by atoms with Gasteiger partial charge in [-0.1, -0.05) is 29.4 Å². The van der Waals surface area contributed by atoms with Gasteiger partial charge < -0.3 is 10.0 Å². The van der Waals surface area contributed by atoms with Crippen LogP contribution in [0.3, 0.4) is 0 Å². The Labute approximate surface area is 154 Å². The lowest BCUT2D eigenvalue weighted by molar-refractivity contribution is 0.0697. The first-order valence-electron chi connectivity index (χ1n) is 7.67. The minimum absolute atomic E-state index is 0.248. The summed E-state index contributed by atoms with van der Waals surface area (Å²) in [4.78, 5) is 26.1. The second kappa shape index (κ2) is 7.33. The number of hydrogen-bond acceptors (Lipinski definition) is 5. The molecule has 130 valence electrons. The van der Waals surface area contributed by atoms with Crippen LogP contribution >= 0.6 is 23.4 Å². The van der Waals surface area contributed by atoms with E-state index < -0.39 is 5.97 Å². The smallest absolute Gasteiger partial charge is 0.337 e. The van der Waals surface area contributed by atoms with Crippen LogP contribution in [0.25, 0.3) is 0 Å². The zero-order valence-electron chi connectivity index (χ0n) is 13.5. The van der Waals surface area contributed by atoms with E-state index in [1.807, 2.05) is 29.2 Å². The summed E-state index contributed by atoms with van der Waals surface area (Å²) in [6.07, 6.45) is 0.645. The maximum absolute atomic E-state index is 11.7. The van der Waals surface area contributed by atoms with Crippen molar-refractivity contribution in [3.8, 4) is 0 Å². The highest BCUT2D eigenvalue weighted by Gasteiger charge is 2.28. The number of rotatable bonds is 6. The topological polar surface area (TPSA) is 73.2 Å². The molecule has 2 aromatic rings. The van der Waals surface area contributed by atoms with Gasteiger partial charge >= 0.3 is 5.97 Å². The van der Waals surface area contributed by atoms with Crippen molar-refractivity contribution in [2.45, 2.75) is 16.2 Å². The van der Waals surface area contributed by atoms with Gasteiger partial charge in [0.15, 0.2) is 0 Å². The largest absolute Gasteiger partial charge is 0.478 e. The average Bonchev–Trinajstić information content (AvgIpc) is 2.60. The van der Waals surface area contributed by atoms with Gasteiger partial charge in [0.2, 0.25) is 0 Å². The van der Waals surface area contributed by atoms with E-state index in [0.29, 0.717) is 30.2 Å². The van der Waals surface area contributed by atoms with E-state index in [-0.39, 0.29) is 5.56 Å². The summed E-state index contributed by atoms with van der Waals surface area (Å²) in [5.41, 5.74) is 1.79. The van der Waals surface area contributed by atoms with Gasteiger partial charge in [-0.05, 0) is 36.8 Å². The molecule has 0 aliphatic carbocycles. The van der Waals surface area contributed by atoms with E-state index in [2.05, 4.69) is 5.29 Å². The third kappa shape index (κ3) is 3.57. The van der Waals surface area contributed by atoms with Gasteiger partial charge in [0, 0.05) is 35.0 Å². The maximum atomic E-state index is 11.7. The number of carboxylic acid groups (broad SMARTS) is 1. The molecule has 8 heteroatoms. The molecule has 2 aromatic carbocycles. The number of benzene rings is 2. The first-order valence-corrected chi connectivity index (χ1v) is 8.86. The Balaban J connectivity index is 2.03. The molecular formula is C17H16ClN3O3S. The van der Waals surface area contributed by atoms with Gasteiger partial charge in [0.05, 0.1) is 22.2 Å². The lowest BCUT2D eigenvalue weighted by Crippen LogP contribution is -2.26. The number of hydrogen-bond donors (Lipinski definition) is 1. The third-order valence-electron chi connectivity index (χ3n) is 3.93. The highest BCUT2D eigenvalue weighted by atomic mass is 35.5. The molecular weight excluding hydrogens is 362 g/mol. The van der Waals surface area contributed by atoms with Crippen molar-refractivity contribution in [3.63, 3.8) is 0 Å². The van der Waals surface area contributed by atoms with Crippen molar-refractivity contribution in [2.24, 2.45) is 5.29 Å². The summed E-state index contributed by atoms with van der Waals surface area (Å²) in [6, 6.07) is 10.9.